The number of rotatable bonds is 3. The highest BCUT2D eigenvalue weighted by Crippen LogP contribution is 2.20. The van der Waals surface area contributed by atoms with Gasteiger partial charge in [0.05, 0.1) is 0 Å². The smallest absolute Gasteiger partial charge is 0.0226 e. The number of benzene rings is 1. The van der Waals surface area contributed by atoms with Gasteiger partial charge in [0.2, 0.25) is 0 Å². The van der Waals surface area contributed by atoms with E-state index in [9.17, 15) is 0 Å². The van der Waals surface area contributed by atoms with Crippen molar-refractivity contribution in [1.82, 2.24) is 0 Å². The van der Waals surface area contributed by atoms with Gasteiger partial charge in [-0.25, -0.2) is 0 Å². The van der Waals surface area contributed by atoms with E-state index in [1.165, 1.54) is 23.9 Å². The van der Waals surface area contributed by atoms with Crippen LogP contribution >= 0.6 is 11.9 Å². The Hall–Kier alpha value is -0.470. The van der Waals surface area contributed by atoms with Gasteiger partial charge >= 0.3 is 0 Å². The van der Waals surface area contributed by atoms with E-state index in [0.29, 0.717) is 5.92 Å². The Labute approximate surface area is 78.5 Å². The summed E-state index contributed by atoms with van der Waals surface area (Å²) in [4.78, 5) is 1.13. The maximum absolute atomic E-state index is 5.43. The molecule has 0 heterocycles. The second kappa shape index (κ2) is 4.53. The highest BCUT2D eigenvalue weighted by Gasteiger charge is 2.01. The predicted octanol–water partition coefficient (Wildman–Crippen LogP) is 3.17. The van der Waals surface area contributed by atoms with Gasteiger partial charge in [0.15, 0.2) is 0 Å². The zero-order chi connectivity index (χ0) is 8.97. The van der Waals surface area contributed by atoms with Crippen molar-refractivity contribution in [3.8, 4) is 0 Å². The van der Waals surface area contributed by atoms with Gasteiger partial charge in [-0.2, -0.15) is 0 Å². The Morgan fingerprint density at radius 2 is 1.92 bits per heavy atom. The maximum Gasteiger partial charge on any atom is 0.0226 e. The average Bonchev–Trinajstić information content (AvgIpc) is 2.17. The first kappa shape index (κ1) is 9.62. The van der Waals surface area contributed by atoms with Crippen molar-refractivity contribution in [3.63, 3.8) is 0 Å². The molecule has 12 heavy (non-hydrogen) atoms. The fourth-order valence-electron chi connectivity index (χ4n) is 1.11. The van der Waals surface area contributed by atoms with E-state index in [1.54, 1.807) is 0 Å². The standard InChI is InChI=1S/C10H15NS/c1-3-8(2)9-4-6-10(12-11)7-5-9/h4-8H,3,11H2,1-2H3. The van der Waals surface area contributed by atoms with Gasteiger partial charge in [0, 0.05) is 4.90 Å². The van der Waals surface area contributed by atoms with E-state index in [1.807, 2.05) is 0 Å². The zero-order valence-corrected chi connectivity index (χ0v) is 8.40. The molecule has 1 aromatic carbocycles. The van der Waals surface area contributed by atoms with Crippen LogP contribution in [0.5, 0.6) is 0 Å². The molecule has 66 valence electrons. The van der Waals surface area contributed by atoms with Crippen LogP contribution in [0.3, 0.4) is 0 Å². The van der Waals surface area contributed by atoms with E-state index >= 15 is 0 Å². The molecular weight excluding hydrogens is 166 g/mol. The molecule has 0 aromatic heterocycles. The molecule has 1 atom stereocenters. The van der Waals surface area contributed by atoms with Gasteiger partial charge < -0.3 is 0 Å². The maximum atomic E-state index is 5.43. The van der Waals surface area contributed by atoms with Crippen LogP contribution < -0.4 is 5.14 Å². The van der Waals surface area contributed by atoms with Gasteiger partial charge in [-0.3, -0.25) is 5.14 Å². The van der Waals surface area contributed by atoms with Crippen LogP contribution in [0, 0.1) is 0 Å². The molecule has 0 aliphatic heterocycles. The quantitative estimate of drug-likeness (QED) is 0.725. The Morgan fingerprint density at radius 3 is 2.33 bits per heavy atom. The second-order valence-electron chi connectivity index (χ2n) is 3.00. The van der Waals surface area contributed by atoms with Crippen molar-refractivity contribution in [2.24, 2.45) is 5.14 Å². The van der Waals surface area contributed by atoms with Gasteiger partial charge in [-0.15, -0.1) is 0 Å². The lowest BCUT2D eigenvalue weighted by atomic mass is 9.99. The molecule has 0 aliphatic rings. The van der Waals surface area contributed by atoms with Crippen LogP contribution in [0.1, 0.15) is 31.7 Å². The third-order valence-corrected chi connectivity index (χ3v) is 2.74. The third-order valence-electron chi connectivity index (χ3n) is 2.20. The molecule has 0 fully saturated rings. The van der Waals surface area contributed by atoms with Crippen LogP contribution in [-0.2, 0) is 0 Å². The molecule has 0 spiro atoms. The molecular formula is C10H15NS. The number of hydrogen-bond acceptors (Lipinski definition) is 2. The summed E-state index contributed by atoms with van der Waals surface area (Å²) in [7, 11) is 0. The first-order valence-electron chi connectivity index (χ1n) is 4.24. The summed E-state index contributed by atoms with van der Waals surface area (Å²) in [5.41, 5.74) is 1.40. The summed E-state index contributed by atoms with van der Waals surface area (Å²) in [5.74, 6) is 0.654. The lowest BCUT2D eigenvalue weighted by Gasteiger charge is -2.08. The minimum absolute atomic E-state index is 0.654. The van der Waals surface area contributed by atoms with Crippen molar-refractivity contribution in [3.05, 3.63) is 29.8 Å². The lowest BCUT2D eigenvalue weighted by Crippen LogP contribution is -1.90. The van der Waals surface area contributed by atoms with Gasteiger partial charge in [-0.1, -0.05) is 26.0 Å². The van der Waals surface area contributed by atoms with Crippen molar-refractivity contribution < 1.29 is 0 Å². The Balaban J connectivity index is 2.77. The minimum atomic E-state index is 0.654. The van der Waals surface area contributed by atoms with Gasteiger partial charge in [0.1, 0.15) is 0 Å². The largest absolute Gasteiger partial charge is 0.274 e. The SMILES string of the molecule is CCC(C)c1ccc(SN)cc1. The molecule has 0 amide bonds. The normalized spacial score (nSPS) is 12.9. The summed E-state index contributed by atoms with van der Waals surface area (Å²) in [6.07, 6.45) is 1.19. The molecule has 1 nitrogen and oxygen atoms in total. The average molecular weight is 181 g/mol. The summed E-state index contributed by atoms with van der Waals surface area (Å²) >= 11 is 1.30. The van der Waals surface area contributed by atoms with Crippen molar-refractivity contribution in [1.29, 1.82) is 0 Å². The van der Waals surface area contributed by atoms with Crippen LogP contribution in [0.25, 0.3) is 0 Å². The van der Waals surface area contributed by atoms with Crippen molar-refractivity contribution >= 4 is 11.9 Å². The van der Waals surface area contributed by atoms with Crippen LogP contribution in [0.15, 0.2) is 29.2 Å². The summed E-state index contributed by atoms with van der Waals surface area (Å²) in [6, 6.07) is 8.46. The molecule has 2 N–H and O–H groups in total. The molecule has 2 heteroatoms. The summed E-state index contributed by atoms with van der Waals surface area (Å²) < 4.78 is 0. The monoisotopic (exact) mass is 181 g/mol. The first-order chi connectivity index (χ1) is 5.77. The highest BCUT2D eigenvalue weighted by atomic mass is 32.2. The summed E-state index contributed by atoms with van der Waals surface area (Å²) in [5, 5.41) is 5.43. The lowest BCUT2D eigenvalue weighted by molar-refractivity contribution is 0.733. The molecule has 0 aliphatic carbocycles. The highest BCUT2D eigenvalue weighted by molar-refractivity contribution is 7.97. The fourth-order valence-corrected chi connectivity index (χ4v) is 1.40. The van der Waals surface area contributed by atoms with E-state index in [2.05, 4.69) is 38.1 Å². The predicted molar refractivity (Wildman–Crippen MR) is 55.2 cm³/mol. The fraction of sp³-hybridized carbons (Fsp3) is 0.400. The van der Waals surface area contributed by atoms with Gasteiger partial charge in [0.25, 0.3) is 0 Å². The molecule has 1 rings (SSSR count). The number of hydrogen-bond donors (Lipinski definition) is 1. The third kappa shape index (κ3) is 2.26. The topological polar surface area (TPSA) is 26.0 Å². The summed E-state index contributed by atoms with van der Waals surface area (Å²) in [6.45, 7) is 4.45. The Kier molecular flexibility index (Phi) is 3.63. The van der Waals surface area contributed by atoms with Crippen LogP contribution in [0.4, 0.5) is 0 Å². The molecule has 1 aromatic rings. The Bertz CT molecular complexity index is 230. The number of nitrogens with two attached hydrogens (primary N) is 1. The zero-order valence-electron chi connectivity index (χ0n) is 7.58. The van der Waals surface area contributed by atoms with E-state index in [4.69, 9.17) is 5.14 Å². The second-order valence-corrected chi connectivity index (χ2v) is 3.70. The van der Waals surface area contributed by atoms with Crippen molar-refractivity contribution in [2.75, 3.05) is 0 Å². The Morgan fingerprint density at radius 1 is 1.33 bits per heavy atom. The van der Waals surface area contributed by atoms with Gasteiger partial charge in [-0.05, 0) is 42.0 Å². The molecule has 1 unspecified atom stereocenters. The van der Waals surface area contributed by atoms with Crippen LogP contribution in [0.2, 0.25) is 0 Å². The molecule has 0 bridgehead atoms. The van der Waals surface area contributed by atoms with E-state index in [-0.39, 0.29) is 0 Å². The molecule has 0 saturated carbocycles. The molecule has 0 saturated heterocycles. The van der Waals surface area contributed by atoms with E-state index < -0.39 is 0 Å². The van der Waals surface area contributed by atoms with Crippen molar-refractivity contribution in [2.45, 2.75) is 31.1 Å². The molecule has 0 radical (unpaired) electrons. The first-order valence-corrected chi connectivity index (χ1v) is 5.12. The minimum Gasteiger partial charge on any atom is -0.274 e. The van der Waals surface area contributed by atoms with Crippen LogP contribution in [-0.4, -0.2) is 0 Å². The van der Waals surface area contributed by atoms with E-state index in [0.717, 1.165) is 4.90 Å².